The van der Waals surface area contributed by atoms with E-state index < -0.39 is 11.9 Å². The summed E-state index contributed by atoms with van der Waals surface area (Å²) in [5.41, 5.74) is 2.45. The van der Waals surface area contributed by atoms with E-state index >= 15 is 0 Å². The van der Waals surface area contributed by atoms with E-state index in [1.807, 2.05) is 55.5 Å². The number of aryl methyl sites for hydroxylation is 1. The number of carbonyl (C=O) groups is 2. The molecule has 3 aromatic rings. The number of thiophene rings is 1. The number of carboxylic acids is 2. The van der Waals surface area contributed by atoms with Crippen molar-refractivity contribution in [3.05, 3.63) is 82.2 Å². The number of rotatable bonds is 15. The fraction of sp³-hybridized carbons (Fsp3) is 0.333. The number of unbranched alkanes of at least 4 members (excludes halogenated alkanes) is 1. The highest BCUT2D eigenvalue weighted by atomic mass is 32.1. The summed E-state index contributed by atoms with van der Waals surface area (Å²) in [6.45, 7) is 5.12. The molecule has 0 bridgehead atoms. The molecule has 0 saturated carbocycles. The van der Waals surface area contributed by atoms with Gasteiger partial charge in [-0.1, -0.05) is 29.8 Å². The molecule has 7 nitrogen and oxygen atoms in total. The number of nitrogens with zero attached hydrogens (tertiary/aromatic N) is 1. The van der Waals surface area contributed by atoms with Gasteiger partial charge in [-0.15, -0.1) is 11.3 Å². The fourth-order valence-corrected chi connectivity index (χ4v) is 4.28. The van der Waals surface area contributed by atoms with Gasteiger partial charge in [0, 0.05) is 24.4 Å². The van der Waals surface area contributed by atoms with E-state index in [0.717, 1.165) is 34.2 Å². The summed E-state index contributed by atoms with van der Waals surface area (Å²) in [5, 5.41) is 18.8. The normalized spacial score (nSPS) is 11.0. The summed E-state index contributed by atoms with van der Waals surface area (Å²) < 4.78 is 11.8. The Morgan fingerprint density at radius 1 is 0.914 bits per heavy atom. The third kappa shape index (κ3) is 9.52. The number of carboxylic acid groups (broad SMARTS) is 2. The van der Waals surface area contributed by atoms with Crippen LogP contribution in [0.1, 0.15) is 45.6 Å². The van der Waals surface area contributed by atoms with Crippen LogP contribution in [0.4, 0.5) is 0 Å². The van der Waals surface area contributed by atoms with E-state index in [4.69, 9.17) is 19.7 Å². The Balaban J connectivity index is 1.47. The van der Waals surface area contributed by atoms with E-state index in [1.165, 1.54) is 5.56 Å². The number of aromatic carboxylic acids is 1. The Labute approximate surface area is 209 Å². The Kier molecular flexibility index (Phi) is 10.3. The van der Waals surface area contributed by atoms with Crippen LogP contribution in [0.2, 0.25) is 0 Å². The van der Waals surface area contributed by atoms with Gasteiger partial charge in [0.15, 0.2) is 5.06 Å². The van der Waals surface area contributed by atoms with Gasteiger partial charge in [-0.2, -0.15) is 0 Å². The lowest BCUT2D eigenvalue weighted by molar-refractivity contribution is -0.137. The highest BCUT2D eigenvalue weighted by molar-refractivity contribution is 7.13. The van der Waals surface area contributed by atoms with Gasteiger partial charge in [0.1, 0.15) is 5.75 Å². The van der Waals surface area contributed by atoms with Gasteiger partial charge in [-0.3, -0.25) is 9.69 Å². The van der Waals surface area contributed by atoms with Gasteiger partial charge in [0.2, 0.25) is 0 Å². The van der Waals surface area contributed by atoms with E-state index in [0.29, 0.717) is 32.7 Å². The third-order valence-electron chi connectivity index (χ3n) is 5.39. The highest BCUT2D eigenvalue weighted by Gasteiger charge is 2.09. The lowest BCUT2D eigenvalue weighted by atomic mass is 10.1. The Morgan fingerprint density at radius 3 is 2.34 bits per heavy atom. The zero-order valence-corrected chi connectivity index (χ0v) is 20.6. The molecule has 1 aromatic heterocycles. The van der Waals surface area contributed by atoms with E-state index in [-0.39, 0.29) is 12.0 Å². The van der Waals surface area contributed by atoms with Crippen molar-refractivity contribution >= 4 is 23.3 Å². The van der Waals surface area contributed by atoms with Crippen LogP contribution in [-0.2, 0) is 22.7 Å². The zero-order valence-electron chi connectivity index (χ0n) is 19.8. The summed E-state index contributed by atoms with van der Waals surface area (Å²) in [5.74, 6) is -0.929. The predicted octanol–water partition coefficient (Wildman–Crippen LogP) is 5.82. The van der Waals surface area contributed by atoms with E-state index in [2.05, 4.69) is 4.90 Å². The second-order valence-corrected chi connectivity index (χ2v) is 9.45. The Bertz CT molecular complexity index is 1080. The van der Waals surface area contributed by atoms with Crippen molar-refractivity contribution in [3.8, 4) is 10.8 Å². The SMILES string of the molecule is Cc1ccc(Oc2ccc(COCCN(CCCCC(=O)O)Cc3ccc(C(=O)O)cc3)s2)cc1. The number of hydrogen-bond donors (Lipinski definition) is 2. The van der Waals surface area contributed by atoms with E-state index in [1.54, 1.807) is 23.5 Å². The summed E-state index contributed by atoms with van der Waals surface area (Å²) >= 11 is 1.55. The molecule has 0 aliphatic heterocycles. The van der Waals surface area contributed by atoms with Crippen LogP contribution in [0.25, 0.3) is 0 Å². The topological polar surface area (TPSA) is 96.3 Å². The lowest BCUT2D eigenvalue weighted by Crippen LogP contribution is -2.28. The molecule has 0 saturated heterocycles. The van der Waals surface area contributed by atoms with Crippen molar-refractivity contribution in [3.63, 3.8) is 0 Å². The standard InChI is InChI=1S/C27H31NO6S/c1-20-5-11-23(12-6-20)34-26-14-13-24(35-26)19-33-17-16-28(15-3-2-4-25(29)30)18-21-7-9-22(10-8-21)27(31)32/h5-14H,2-4,15-19H2,1H3,(H,29,30)(H,31,32). The first-order chi connectivity index (χ1) is 16.9. The first kappa shape index (κ1) is 26.4. The van der Waals surface area contributed by atoms with Crippen molar-refractivity contribution < 1.29 is 29.3 Å². The van der Waals surface area contributed by atoms with Crippen molar-refractivity contribution in [1.82, 2.24) is 4.90 Å². The molecule has 0 aliphatic rings. The summed E-state index contributed by atoms with van der Waals surface area (Å²) in [6.07, 6.45) is 1.54. The Morgan fingerprint density at radius 2 is 1.66 bits per heavy atom. The predicted molar refractivity (Wildman–Crippen MR) is 135 cm³/mol. The first-order valence-electron chi connectivity index (χ1n) is 11.6. The molecule has 186 valence electrons. The molecule has 35 heavy (non-hydrogen) atoms. The molecule has 0 spiro atoms. The van der Waals surface area contributed by atoms with Crippen LogP contribution < -0.4 is 4.74 Å². The lowest BCUT2D eigenvalue weighted by Gasteiger charge is -2.22. The van der Waals surface area contributed by atoms with Crippen molar-refractivity contribution in [2.24, 2.45) is 0 Å². The summed E-state index contributed by atoms with van der Waals surface area (Å²) in [6, 6.07) is 18.7. The number of ether oxygens (including phenoxy) is 2. The first-order valence-corrected chi connectivity index (χ1v) is 12.4. The largest absolute Gasteiger partial charge is 0.481 e. The molecule has 0 aliphatic carbocycles. The second-order valence-electron chi connectivity index (χ2n) is 8.32. The molecule has 0 unspecified atom stereocenters. The molecule has 8 heteroatoms. The Hall–Kier alpha value is -3.20. The van der Waals surface area contributed by atoms with Gasteiger partial charge in [-0.25, -0.2) is 4.79 Å². The van der Waals surface area contributed by atoms with Crippen molar-refractivity contribution in [1.29, 1.82) is 0 Å². The van der Waals surface area contributed by atoms with Crippen LogP contribution in [0, 0.1) is 6.92 Å². The van der Waals surface area contributed by atoms with Gasteiger partial charge >= 0.3 is 11.9 Å². The van der Waals surface area contributed by atoms with Crippen LogP contribution >= 0.6 is 11.3 Å². The summed E-state index contributed by atoms with van der Waals surface area (Å²) in [4.78, 5) is 25.2. The maximum Gasteiger partial charge on any atom is 0.335 e. The minimum Gasteiger partial charge on any atom is -0.481 e. The van der Waals surface area contributed by atoms with Gasteiger partial charge in [0.25, 0.3) is 0 Å². The molecule has 3 rings (SSSR count). The quantitative estimate of drug-likeness (QED) is 0.255. The minimum atomic E-state index is -0.948. The maximum absolute atomic E-state index is 11.1. The molecule has 2 aromatic carbocycles. The number of aliphatic carboxylic acids is 1. The van der Waals surface area contributed by atoms with Crippen LogP contribution in [-0.4, -0.2) is 46.7 Å². The van der Waals surface area contributed by atoms with E-state index in [9.17, 15) is 9.59 Å². The maximum atomic E-state index is 11.1. The molecule has 2 N–H and O–H groups in total. The van der Waals surface area contributed by atoms with Gasteiger partial charge in [0.05, 0.1) is 18.8 Å². The number of hydrogen-bond acceptors (Lipinski definition) is 6. The highest BCUT2D eigenvalue weighted by Crippen LogP contribution is 2.30. The molecule has 0 fully saturated rings. The average Bonchev–Trinajstić information content (AvgIpc) is 3.28. The zero-order chi connectivity index (χ0) is 25.0. The molecular weight excluding hydrogens is 466 g/mol. The van der Waals surface area contributed by atoms with Crippen molar-refractivity contribution in [2.45, 2.75) is 39.3 Å². The van der Waals surface area contributed by atoms with Crippen LogP contribution in [0.3, 0.4) is 0 Å². The average molecular weight is 498 g/mol. The van der Waals surface area contributed by atoms with Crippen LogP contribution in [0.5, 0.6) is 10.8 Å². The van der Waals surface area contributed by atoms with Gasteiger partial charge in [-0.05, 0) is 68.3 Å². The fourth-order valence-electron chi connectivity index (χ4n) is 3.47. The van der Waals surface area contributed by atoms with Gasteiger partial charge < -0.3 is 19.7 Å². The molecular formula is C27H31NO6S. The molecule has 0 radical (unpaired) electrons. The second kappa shape index (κ2) is 13.6. The number of benzene rings is 2. The third-order valence-corrected chi connectivity index (χ3v) is 6.33. The molecule has 1 heterocycles. The van der Waals surface area contributed by atoms with Crippen LogP contribution in [0.15, 0.2) is 60.7 Å². The van der Waals surface area contributed by atoms with Crippen molar-refractivity contribution in [2.75, 3.05) is 19.7 Å². The summed E-state index contributed by atoms with van der Waals surface area (Å²) in [7, 11) is 0. The molecule has 0 atom stereocenters. The molecule has 0 amide bonds. The monoisotopic (exact) mass is 497 g/mol. The minimum absolute atomic E-state index is 0.156. The smallest absolute Gasteiger partial charge is 0.335 e.